The first-order valence-corrected chi connectivity index (χ1v) is 16.3. The zero-order valence-electron chi connectivity index (χ0n) is 23.6. The molecule has 3 aromatic heterocycles. The topological polar surface area (TPSA) is 25.8 Å². The standard InChI is InChI=1S/C40H24N2S2/c1-3-12-25(13-4-1)33-24-34(26-14-5-2-6-15-26)42-40(41-33)32-21-11-23-36-37(32)31-20-10-19-30(39(31)44-36)29-18-9-17-28-27-16-7-8-22-35(27)43-38(28)29/h1-24H. The summed E-state index contributed by atoms with van der Waals surface area (Å²) in [4.78, 5) is 10.4. The van der Waals surface area contributed by atoms with Gasteiger partial charge >= 0.3 is 0 Å². The molecule has 9 aromatic rings. The molecule has 0 saturated heterocycles. The minimum Gasteiger partial charge on any atom is -0.228 e. The molecule has 6 aromatic carbocycles. The van der Waals surface area contributed by atoms with Crippen LogP contribution >= 0.6 is 22.7 Å². The Hall–Kier alpha value is -5.16. The van der Waals surface area contributed by atoms with Crippen LogP contribution < -0.4 is 0 Å². The van der Waals surface area contributed by atoms with Gasteiger partial charge in [0, 0.05) is 68.2 Å². The van der Waals surface area contributed by atoms with E-state index in [1.54, 1.807) is 0 Å². The molecule has 0 radical (unpaired) electrons. The quantitative estimate of drug-likeness (QED) is 0.202. The summed E-state index contributed by atoms with van der Waals surface area (Å²) in [5.41, 5.74) is 7.61. The van der Waals surface area contributed by atoms with Crippen LogP contribution in [-0.4, -0.2) is 9.97 Å². The molecule has 0 bridgehead atoms. The van der Waals surface area contributed by atoms with Crippen LogP contribution in [0.5, 0.6) is 0 Å². The van der Waals surface area contributed by atoms with Gasteiger partial charge in [0.1, 0.15) is 0 Å². The summed E-state index contributed by atoms with van der Waals surface area (Å²) in [7, 11) is 0. The predicted molar refractivity (Wildman–Crippen MR) is 190 cm³/mol. The van der Waals surface area contributed by atoms with Gasteiger partial charge in [-0.05, 0) is 18.2 Å². The van der Waals surface area contributed by atoms with Crippen molar-refractivity contribution in [2.45, 2.75) is 0 Å². The van der Waals surface area contributed by atoms with Crippen LogP contribution in [0.15, 0.2) is 146 Å². The molecule has 4 heteroatoms. The minimum absolute atomic E-state index is 0.743. The van der Waals surface area contributed by atoms with Gasteiger partial charge in [-0.15, -0.1) is 22.7 Å². The zero-order chi connectivity index (χ0) is 29.0. The van der Waals surface area contributed by atoms with Crippen LogP contribution in [0.25, 0.3) is 85.4 Å². The Bertz CT molecular complexity index is 2430. The van der Waals surface area contributed by atoms with E-state index < -0.39 is 0 Å². The first-order valence-electron chi connectivity index (χ1n) is 14.7. The molecule has 2 nitrogen and oxygen atoms in total. The normalized spacial score (nSPS) is 11.6. The number of aromatic nitrogens is 2. The van der Waals surface area contributed by atoms with Gasteiger partial charge in [0.05, 0.1) is 11.4 Å². The monoisotopic (exact) mass is 596 g/mol. The van der Waals surface area contributed by atoms with Crippen LogP contribution in [-0.2, 0) is 0 Å². The Labute approximate surface area is 262 Å². The molecule has 0 unspecified atom stereocenters. The first kappa shape index (κ1) is 25.3. The van der Waals surface area contributed by atoms with Gasteiger partial charge in [-0.25, -0.2) is 9.97 Å². The fraction of sp³-hybridized carbons (Fsp3) is 0. The van der Waals surface area contributed by atoms with Gasteiger partial charge in [-0.1, -0.05) is 127 Å². The lowest BCUT2D eigenvalue weighted by Crippen LogP contribution is -1.96. The third-order valence-electron chi connectivity index (χ3n) is 8.32. The third kappa shape index (κ3) is 4.07. The molecular weight excluding hydrogens is 573 g/mol. The number of hydrogen-bond acceptors (Lipinski definition) is 4. The zero-order valence-corrected chi connectivity index (χ0v) is 25.2. The van der Waals surface area contributed by atoms with E-state index in [-0.39, 0.29) is 0 Å². The molecule has 0 aliphatic heterocycles. The number of thiophene rings is 2. The van der Waals surface area contributed by atoms with Crippen LogP contribution in [0, 0.1) is 0 Å². The molecule has 206 valence electrons. The highest BCUT2D eigenvalue weighted by molar-refractivity contribution is 7.27. The third-order valence-corrected chi connectivity index (χ3v) is 10.7. The molecule has 0 aliphatic rings. The predicted octanol–water partition coefficient (Wildman–Crippen LogP) is 11.9. The fourth-order valence-corrected chi connectivity index (χ4v) is 8.77. The van der Waals surface area contributed by atoms with Crippen LogP contribution in [0.1, 0.15) is 0 Å². The van der Waals surface area contributed by atoms with E-state index in [0.29, 0.717) is 0 Å². The maximum atomic E-state index is 5.18. The lowest BCUT2D eigenvalue weighted by molar-refractivity contribution is 1.19. The van der Waals surface area contributed by atoms with E-state index in [1.165, 1.54) is 51.5 Å². The molecule has 0 aliphatic carbocycles. The molecule has 0 atom stereocenters. The smallest absolute Gasteiger partial charge is 0.161 e. The van der Waals surface area contributed by atoms with Crippen LogP contribution in [0.4, 0.5) is 0 Å². The number of hydrogen-bond donors (Lipinski definition) is 0. The lowest BCUT2D eigenvalue weighted by Gasteiger charge is -2.10. The van der Waals surface area contributed by atoms with E-state index in [0.717, 1.165) is 33.9 Å². The Morgan fingerprint density at radius 1 is 0.386 bits per heavy atom. The van der Waals surface area contributed by atoms with Crippen molar-refractivity contribution in [1.29, 1.82) is 0 Å². The Morgan fingerprint density at radius 3 is 1.59 bits per heavy atom. The van der Waals surface area contributed by atoms with E-state index in [2.05, 4.69) is 133 Å². The molecule has 0 saturated carbocycles. The number of fused-ring (bicyclic) bond motifs is 6. The van der Waals surface area contributed by atoms with Crippen molar-refractivity contribution in [3.8, 4) is 45.0 Å². The van der Waals surface area contributed by atoms with Crippen molar-refractivity contribution in [1.82, 2.24) is 9.97 Å². The Balaban J connectivity index is 1.29. The number of benzene rings is 6. The molecule has 0 amide bonds. The highest BCUT2D eigenvalue weighted by Crippen LogP contribution is 2.47. The van der Waals surface area contributed by atoms with Gasteiger partial charge in [0.2, 0.25) is 0 Å². The van der Waals surface area contributed by atoms with Crippen LogP contribution in [0.2, 0.25) is 0 Å². The number of nitrogens with zero attached hydrogens (tertiary/aromatic N) is 2. The molecule has 3 heterocycles. The molecule has 0 N–H and O–H groups in total. The summed E-state index contributed by atoms with van der Waals surface area (Å²) in [5, 5.41) is 5.10. The van der Waals surface area contributed by atoms with Crippen LogP contribution in [0.3, 0.4) is 0 Å². The van der Waals surface area contributed by atoms with Gasteiger partial charge in [-0.2, -0.15) is 0 Å². The summed E-state index contributed by atoms with van der Waals surface area (Å²) in [6.45, 7) is 0. The highest BCUT2D eigenvalue weighted by Gasteiger charge is 2.19. The van der Waals surface area contributed by atoms with E-state index in [4.69, 9.17) is 9.97 Å². The van der Waals surface area contributed by atoms with E-state index in [1.807, 2.05) is 34.8 Å². The van der Waals surface area contributed by atoms with Crippen molar-refractivity contribution in [3.05, 3.63) is 146 Å². The SMILES string of the molecule is c1ccc(-c2cc(-c3ccccc3)nc(-c3cccc4sc5c(-c6cccc7c6sc6ccccc67)cccc5c34)n2)cc1. The molecule has 0 fully saturated rings. The largest absolute Gasteiger partial charge is 0.228 e. The van der Waals surface area contributed by atoms with Crippen molar-refractivity contribution in [3.63, 3.8) is 0 Å². The second-order valence-corrected chi connectivity index (χ2v) is 13.0. The minimum atomic E-state index is 0.743. The average molecular weight is 597 g/mol. The van der Waals surface area contributed by atoms with Crippen molar-refractivity contribution < 1.29 is 0 Å². The molecule has 0 spiro atoms. The fourth-order valence-electron chi connectivity index (χ4n) is 6.29. The van der Waals surface area contributed by atoms with Crippen molar-refractivity contribution >= 4 is 63.0 Å². The van der Waals surface area contributed by atoms with E-state index in [9.17, 15) is 0 Å². The molecule has 9 rings (SSSR count). The molecular formula is C40H24N2S2. The second kappa shape index (κ2) is 10.2. The van der Waals surface area contributed by atoms with Crippen molar-refractivity contribution in [2.75, 3.05) is 0 Å². The summed E-state index contributed by atoms with van der Waals surface area (Å²) in [6, 6.07) is 51.6. The summed E-state index contributed by atoms with van der Waals surface area (Å²) in [6.07, 6.45) is 0. The summed E-state index contributed by atoms with van der Waals surface area (Å²) >= 11 is 3.74. The van der Waals surface area contributed by atoms with E-state index >= 15 is 0 Å². The Kier molecular flexibility index (Phi) is 5.90. The van der Waals surface area contributed by atoms with Gasteiger partial charge in [-0.3, -0.25) is 0 Å². The molecule has 44 heavy (non-hydrogen) atoms. The maximum Gasteiger partial charge on any atom is 0.161 e. The average Bonchev–Trinajstić information content (AvgIpc) is 3.68. The summed E-state index contributed by atoms with van der Waals surface area (Å²) in [5.74, 6) is 0.743. The summed E-state index contributed by atoms with van der Waals surface area (Å²) < 4.78 is 5.20. The Morgan fingerprint density at radius 2 is 0.886 bits per heavy atom. The highest BCUT2D eigenvalue weighted by atomic mass is 32.1. The van der Waals surface area contributed by atoms with Gasteiger partial charge in [0.15, 0.2) is 5.82 Å². The van der Waals surface area contributed by atoms with Gasteiger partial charge in [0.25, 0.3) is 0 Å². The number of rotatable bonds is 4. The lowest BCUT2D eigenvalue weighted by atomic mass is 9.99. The first-order chi connectivity index (χ1) is 21.8. The maximum absolute atomic E-state index is 5.18. The second-order valence-electron chi connectivity index (χ2n) is 10.9. The van der Waals surface area contributed by atoms with Gasteiger partial charge < -0.3 is 0 Å². The van der Waals surface area contributed by atoms with Crippen molar-refractivity contribution in [2.24, 2.45) is 0 Å².